The highest BCUT2D eigenvalue weighted by molar-refractivity contribution is 7.77. The predicted octanol–water partition coefficient (Wildman–Crippen LogP) is 3.40. The number of hydrogen-bond donors (Lipinski definition) is 0. The molecule has 0 nitrogen and oxygen atoms in total. The smallest absolute Gasteiger partial charge is 0.0991 e. The Labute approximate surface area is 91.0 Å². The summed E-state index contributed by atoms with van der Waals surface area (Å²) in [7, 11) is 0. The number of allylic oxidation sites excluding steroid dienone is 4. The van der Waals surface area contributed by atoms with Gasteiger partial charge in [-0.2, -0.15) is 0 Å². The molecule has 0 radical (unpaired) electrons. The van der Waals surface area contributed by atoms with Gasteiger partial charge in [-0.15, -0.1) is 0 Å². The fraction of sp³-hybridized carbons (Fsp3) is 0.0769. The average molecular weight is 205 g/mol. The SMILES string of the molecule is C=C/C=C\C=C.C[SH+]c1ccccc1. The third-order valence-corrected chi connectivity index (χ3v) is 2.21. The molecule has 0 aliphatic carbocycles. The van der Waals surface area contributed by atoms with E-state index in [9.17, 15) is 0 Å². The summed E-state index contributed by atoms with van der Waals surface area (Å²) < 4.78 is 0. The van der Waals surface area contributed by atoms with Crippen LogP contribution in [0.3, 0.4) is 0 Å². The summed E-state index contributed by atoms with van der Waals surface area (Å²) >= 11 is 1.35. The van der Waals surface area contributed by atoms with Gasteiger partial charge < -0.3 is 0 Å². The molecule has 1 rings (SSSR count). The van der Waals surface area contributed by atoms with Crippen molar-refractivity contribution in [2.45, 2.75) is 4.90 Å². The van der Waals surface area contributed by atoms with Gasteiger partial charge in [0.25, 0.3) is 0 Å². The van der Waals surface area contributed by atoms with Crippen molar-refractivity contribution in [3.63, 3.8) is 0 Å². The van der Waals surface area contributed by atoms with Gasteiger partial charge in [-0.1, -0.05) is 55.7 Å². The van der Waals surface area contributed by atoms with Crippen LogP contribution >= 0.6 is 0 Å². The summed E-state index contributed by atoms with van der Waals surface area (Å²) in [6.45, 7) is 6.93. The lowest BCUT2D eigenvalue weighted by Gasteiger charge is -1.81. The summed E-state index contributed by atoms with van der Waals surface area (Å²) in [6, 6.07) is 10.4. The molecule has 0 N–H and O–H groups in total. The van der Waals surface area contributed by atoms with Crippen molar-refractivity contribution >= 4 is 11.8 Å². The van der Waals surface area contributed by atoms with Gasteiger partial charge >= 0.3 is 0 Å². The number of thiol groups is 1. The zero-order valence-corrected chi connectivity index (χ0v) is 9.45. The van der Waals surface area contributed by atoms with E-state index in [1.54, 1.807) is 12.2 Å². The first kappa shape index (κ1) is 12.8. The average Bonchev–Trinajstić information content (AvgIpc) is 2.28. The van der Waals surface area contributed by atoms with Crippen molar-refractivity contribution in [1.29, 1.82) is 0 Å². The molecule has 0 aromatic heterocycles. The Morgan fingerprint density at radius 2 is 1.50 bits per heavy atom. The maximum absolute atomic E-state index is 3.46. The minimum atomic E-state index is 1.35. The van der Waals surface area contributed by atoms with Crippen LogP contribution in [0.15, 0.2) is 72.7 Å². The summed E-state index contributed by atoms with van der Waals surface area (Å²) in [5.41, 5.74) is 0. The minimum Gasteiger partial charge on any atom is -0.0991 e. The molecular formula is C13H17S+. The summed E-state index contributed by atoms with van der Waals surface area (Å²) in [5.74, 6) is 0. The van der Waals surface area contributed by atoms with Crippen molar-refractivity contribution in [3.05, 3.63) is 67.8 Å². The molecule has 0 saturated heterocycles. The molecule has 1 aromatic rings. The zero-order valence-electron chi connectivity index (χ0n) is 8.56. The van der Waals surface area contributed by atoms with Crippen molar-refractivity contribution in [2.24, 2.45) is 0 Å². The molecule has 0 bridgehead atoms. The van der Waals surface area contributed by atoms with Gasteiger partial charge in [-0.3, -0.25) is 0 Å². The lowest BCUT2D eigenvalue weighted by Crippen LogP contribution is -1.73. The molecule has 0 heterocycles. The highest BCUT2D eigenvalue weighted by Gasteiger charge is 1.89. The predicted molar refractivity (Wildman–Crippen MR) is 68.9 cm³/mol. The third kappa shape index (κ3) is 7.44. The van der Waals surface area contributed by atoms with Gasteiger partial charge in [-0.05, 0) is 12.1 Å². The Morgan fingerprint density at radius 3 is 1.79 bits per heavy atom. The highest BCUT2D eigenvalue weighted by Crippen LogP contribution is 1.97. The first-order chi connectivity index (χ1) is 6.85. The lowest BCUT2D eigenvalue weighted by atomic mass is 10.4. The Balaban J connectivity index is 0.000000255. The van der Waals surface area contributed by atoms with Crippen LogP contribution in [0.4, 0.5) is 0 Å². The molecule has 74 valence electrons. The molecule has 0 atom stereocenters. The Bertz CT molecular complexity index is 263. The van der Waals surface area contributed by atoms with Crippen molar-refractivity contribution < 1.29 is 0 Å². The quantitative estimate of drug-likeness (QED) is 0.403. The molecule has 14 heavy (non-hydrogen) atoms. The molecule has 0 fully saturated rings. The molecule has 0 saturated carbocycles. The highest BCUT2D eigenvalue weighted by atomic mass is 32.2. The van der Waals surface area contributed by atoms with Crippen molar-refractivity contribution in [3.8, 4) is 0 Å². The Morgan fingerprint density at radius 1 is 1.00 bits per heavy atom. The van der Waals surface area contributed by atoms with Gasteiger partial charge in [0.15, 0.2) is 4.90 Å². The van der Waals surface area contributed by atoms with Crippen LogP contribution in [0, 0.1) is 0 Å². The maximum atomic E-state index is 3.46. The molecule has 0 spiro atoms. The van der Waals surface area contributed by atoms with Gasteiger partial charge in [0.2, 0.25) is 0 Å². The molecular weight excluding hydrogens is 188 g/mol. The molecule has 1 aromatic carbocycles. The first-order valence-corrected chi connectivity index (χ1v) is 5.74. The van der Waals surface area contributed by atoms with Crippen LogP contribution in [-0.4, -0.2) is 6.26 Å². The second kappa shape index (κ2) is 9.87. The topological polar surface area (TPSA) is 0 Å². The van der Waals surface area contributed by atoms with E-state index in [-0.39, 0.29) is 0 Å². The normalized spacial score (nSPS) is 8.93. The zero-order chi connectivity index (χ0) is 10.6. The lowest BCUT2D eigenvalue weighted by molar-refractivity contribution is 1.47. The molecule has 0 aliphatic rings. The monoisotopic (exact) mass is 205 g/mol. The van der Waals surface area contributed by atoms with Crippen LogP contribution in [0.2, 0.25) is 0 Å². The van der Waals surface area contributed by atoms with Crippen LogP contribution < -0.4 is 0 Å². The molecule has 0 aliphatic heterocycles. The van der Waals surface area contributed by atoms with E-state index >= 15 is 0 Å². The summed E-state index contributed by atoms with van der Waals surface area (Å²) in [5, 5.41) is 0. The number of hydrogen-bond acceptors (Lipinski definition) is 0. The summed E-state index contributed by atoms with van der Waals surface area (Å²) in [4.78, 5) is 1.38. The first-order valence-electron chi connectivity index (χ1n) is 4.40. The van der Waals surface area contributed by atoms with E-state index in [1.807, 2.05) is 18.2 Å². The largest absolute Gasteiger partial charge is 0.152 e. The van der Waals surface area contributed by atoms with E-state index in [1.165, 1.54) is 16.7 Å². The van der Waals surface area contributed by atoms with Gasteiger partial charge in [0.1, 0.15) is 6.26 Å². The second-order valence-corrected chi connectivity index (χ2v) is 3.38. The standard InChI is InChI=1S/C7H8S.C6H8/c1-8-7-5-3-2-4-6-7;1-3-5-6-4-2/h2-6H,1H3;3-6H,1-2H2/p+1/b;6-5-. The van der Waals surface area contributed by atoms with Crippen LogP contribution in [0.1, 0.15) is 0 Å². The molecule has 1 heteroatoms. The third-order valence-electron chi connectivity index (χ3n) is 1.40. The number of benzene rings is 1. The van der Waals surface area contributed by atoms with Crippen LogP contribution in [0.5, 0.6) is 0 Å². The molecule has 0 amide bonds. The van der Waals surface area contributed by atoms with Crippen LogP contribution in [0.25, 0.3) is 0 Å². The Kier molecular flexibility index (Phi) is 9.02. The maximum Gasteiger partial charge on any atom is 0.152 e. The van der Waals surface area contributed by atoms with Crippen molar-refractivity contribution in [1.82, 2.24) is 0 Å². The van der Waals surface area contributed by atoms with Crippen molar-refractivity contribution in [2.75, 3.05) is 6.26 Å². The van der Waals surface area contributed by atoms with E-state index in [2.05, 4.69) is 43.7 Å². The van der Waals surface area contributed by atoms with E-state index in [0.29, 0.717) is 0 Å². The van der Waals surface area contributed by atoms with Gasteiger partial charge in [0.05, 0.1) is 0 Å². The van der Waals surface area contributed by atoms with E-state index in [0.717, 1.165) is 0 Å². The minimum absolute atomic E-state index is 1.35. The second-order valence-electron chi connectivity index (χ2n) is 2.42. The van der Waals surface area contributed by atoms with E-state index < -0.39 is 0 Å². The fourth-order valence-electron chi connectivity index (χ4n) is 0.734. The van der Waals surface area contributed by atoms with Crippen LogP contribution in [-0.2, 0) is 11.8 Å². The van der Waals surface area contributed by atoms with E-state index in [4.69, 9.17) is 0 Å². The van der Waals surface area contributed by atoms with Gasteiger partial charge in [-0.25, -0.2) is 0 Å². The molecule has 0 unspecified atom stereocenters. The fourth-order valence-corrected chi connectivity index (χ4v) is 1.20. The summed E-state index contributed by atoms with van der Waals surface area (Å²) in [6.07, 6.45) is 9.21. The Hall–Kier alpha value is -1.21. The van der Waals surface area contributed by atoms with Gasteiger partial charge in [0, 0.05) is 11.8 Å². The number of rotatable bonds is 3.